The van der Waals surface area contributed by atoms with Crippen LogP contribution in [0.4, 0.5) is 16.2 Å². The molecule has 0 fully saturated rings. The van der Waals surface area contributed by atoms with Gasteiger partial charge in [-0.15, -0.1) is 0 Å². The smallest absolute Gasteiger partial charge is 0.323 e. The van der Waals surface area contributed by atoms with Crippen LogP contribution in [0.1, 0.15) is 11.6 Å². The molecule has 0 unspecified atom stereocenters. The van der Waals surface area contributed by atoms with Gasteiger partial charge in [0.05, 0.1) is 12.6 Å². The molecule has 1 atom stereocenters. The minimum absolute atomic E-state index is 0.121. The summed E-state index contributed by atoms with van der Waals surface area (Å²) in [5.74, 6) is 0. The quantitative estimate of drug-likeness (QED) is 0.700. The predicted octanol–water partition coefficient (Wildman–Crippen LogP) is 2.98. The summed E-state index contributed by atoms with van der Waals surface area (Å²) in [5.41, 5.74) is 7.79. The van der Waals surface area contributed by atoms with Crippen LogP contribution >= 0.6 is 11.6 Å². The van der Waals surface area contributed by atoms with Crippen molar-refractivity contribution in [1.82, 2.24) is 0 Å². The zero-order valence-electron chi connectivity index (χ0n) is 11.2. The Morgan fingerprint density at radius 1 is 1.05 bits per heavy atom. The molecular formula is C15H16ClN3O2. The van der Waals surface area contributed by atoms with Crippen LogP contribution in [0.2, 0.25) is 5.02 Å². The standard InChI is InChI=1S/C15H16ClN3O2/c16-11-3-7-13(8-4-11)19-15(21)18-12-5-1-10(2-6-12)14(17)9-20/h1-8,14,20H,9,17H2,(H2,18,19,21)/t14-/m0/s1. The summed E-state index contributed by atoms with van der Waals surface area (Å²) < 4.78 is 0. The summed E-state index contributed by atoms with van der Waals surface area (Å²) >= 11 is 5.77. The molecule has 0 aliphatic rings. The molecule has 2 amide bonds. The number of hydrogen-bond donors (Lipinski definition) is 4. The summed E-state index contributed by atoms with van der Waals surface area (Å²) in [7, 11) is 0. The van der Waals surface area contributed by atoms with Crippen LogP contribution in [0, 0.1) is 0 Å². The summed E-state index contributed by atoms with van der Waals surface area (Å²) in [6.45, 7) is -0.121. The van der Waals surface area contributed by atoms with Crippen LogP contribution in [0.3, 0.4) is 0 Å². The minimum atomic E-state index is -0.415. The molecule has 5 N–H and O–H groups in total. The van der Waals surface area contributed by atoms with E-state index in [0.29, 0.717) is 16.4 Å². The van der Waals surface area contributed by atoms with Crippen molar-refractivity contribution in [3.05, 3.63) is 59.1 Å². The molecule has 0 radical (unpaired) electrons. The molecule has 21 heavy (non-hydrogen) atoms. The first-order chi connectivity index (χ1) is 10.1. The zero-order chi connectivity index (χ0) is 15.2. The largest absolute Gasteiger partial charge is 0.394 e. The fourth-order valence-electron chi connectivity index (χ4n) is 1.75. The van der Waals surface area contributed by atoms with E-state index in [1.165, 1.54) is 0 Å². The Morgan fingerprint density at radius 3 is 2.00 bits per heavy atom. The van der Waals surface area contributed by atoms with E-state index in [2.05, 4.69) is 10.6 Å². The first kappa shape index (κ1) is 15.3. The fraction of sp³-hybridized carbons (Fsp3) is 0.133. The molecule has 0 aliphatic heterocycles. The molecule has 0 aromatic heterocycles. The van der Waals surface area contributed by atoms with Gasteiger partial charge in [-0.2, -0.15) is 0 Å². The van der Waals surface area contributed by atoms with Crippen LogP contribution in [-0.4, -0.2) is 17.7 Å². The Labute approximate surface area is 127 Å². The number of nitrogens with two attached hydrogens (primary N) is 1. The Balaban J connectivity index is 1.94. The van der Waals surface area contributed by atoms with Crippen molar-refractivity contribution in [2.24, 2.45) is 5.73 Å². The number of hydrogen-bond acceptors (Lipinski definition) is 3. The van der Waals surface area contributed by atoms with E-state index in [9.17, 15) is 4.79 Å². The maximum Gasteiger partial charge on any atom is 0.323 e. The molecule has 2 aromatic carbocycles. The molecule has 0 saturated heterocycles. The molecule has 0 bridgehead atoms. The number of aliphatic hydroxyl groups is 1. The highest BCUT2D eigenvalue weighted by atomic mass is 35.5. The van der Waals surface area contributed by atoms with Crippen molar-refractivity contribution < 1.29 is 9.90 Å². The Bertz CT molecular complexity index is 599. The van der Waals surface area contributed by atoms with Gasteiger partial charge in [0.2, 0.25) is 0 Å². The average Bonchev–Trinajstić information content (AvgIpc) is 2.49. The maximum absolute atomic E-state index is 11.8. The Kier molecular flexibility index (Phi) is 5.16. The third-order valence-electron chi connectivity index (χ3n) is 2.90. The van der Waals surface area contributed by atoms with Gasteiger partial charge in [-0.1, -0.05) is 23.7 Å². The molecule has 5 nitrogen and oxygen atoms in total. The summed E-state index contributed by atoms with van der Waals surface area (Å²) in [6.07, 6.45) is 0. The van der Waals surface area contributed by atoms with E-state index in [1.807, 2.05) is 0 Å². The number of urea groups is 1. The molecule has 0 aliphatic carbocycles. The molecular weight excluding hydrogens is 290 g/mol. The Morgan fingerprint density at radius 2 is 1.52 bits per heavy atom. The van der Waals surface area contributed by atoms with E-state index >= 15 is 0 Å². The van der Waals surface area contributed by atoms with Gasteiger partial charge < -0.3 is 21.5 Å². The number of halogens is 1. The highest BCUT2D eigenvalue weighted by molar-refractivity contribution is 6.30. The van der Waals surface area contributed by atoms with Crippen molar-refractivity contribution >= 4 is 29.0 Å². The summed E-state index contributed by atoms with van der Waals surface area (Å²) in [5, 5.41) is 15.0. The number of benzene rings is 2. The van der Waals surface area contributed by atoms with Crippen molar-refractivity contribution in [2.75, 3.05) is 17.2 Å². The number of rotatable bonds is 4. The van der Waals surface area contributed by atoms with Crippen LogP contribution in [0.15, 0.2) is 48.5 Å². The van der Waals surface area contributed by atoms with Gasteiger partial charge in [0, 0.05) is 16.4 Å². The summed E-state index contributed by atoms with van der Waals surface area (Å²) in [6, 6.07) is 13.0. The zero-order valence-corrected chi connectivity index (χ0v) is 12.0. The van der Waals surface area contributed by atoms with E-state index < -0.39 is 6.04 Å². The van der Waals surface area contributed by atoms with Gasteiger partial charge >= 0.3 is 6.03 Å². The molecule has 6 heteroatoms. The van der Waals surface area contributed by atoms with E-state index in [1.54, 1.807) is 48.5 Å². The second-order valence-electron chi connectivity index (χ2n) is 4.50. The number of carbonyl (C=O) groups is 1. The van der Waals surface area contributed by atoms with E-state index in [-0.39, 0.29) is 12.6 Å². The Hall–Kier alpha value is -2.08. The number of amides is 2. The van der Waals surface area contributed by atoms with Crippen LogP contribution in [0.5, 0.6) is 0 Å². The van der Waals surface area contributed by atoms with Crippen LogP contribution < -0.4 is 16.4 Å². The number of anilines is 2. The van der Waals surface area contributed by atoms with Gasteiger partial charge in [-0.05, 0) is 42.0 Å². The lowest BCUT2D eigenvalue weighted by atomic mass is 10.1. The second kappa shape index (κ2) is 7.08. The van der Waals surface area contributed by atoms with Gasteiger partial charge in [0.1, 0.15) is 0 Å². The van der Waals surface area contributed by atoms with Crippen LogP contribution in [-0.2, 0) is 0 Å². The second-order valence-corrected chi connectivity index (χ2v) is 4.93. The van der Waals surface area contributed by atoms with Crippen molar-refractivity contribution in [3.63, 3.8) is 0 Å². The molecule has 0 heterocycles. The fourth-order valence-corrected chi connectivity index (χ4v) is 1.87. The third kappa shape index (κ3) is 4.46. The van der Waals surface area contributed by atoms with Gasteiger partial charge in [-0.25, -0.2) is 4.79 Å². The first-order valence-corrected chi connectivity index (χ1v) is 6.76. The van der Waals surface area contributed by atoms with Crippen molar-refractivity contribution in [3.8, 4) is 0 Å². The lowest BCUT2D eigenvalue weighted by Crippen LogP contribution is -2.19. The SMILES string of the molecule is N[C@@H](CO)c1ccc(NC(=O)Nc2ccc(Cl)cc2)cc1. The maximum atomic E-state index is 11.8. The number of aliphatic hydroxyl groups excluding tert-OH is 1. The number of nitrogens with one attached hydrogen (secondary N) is 2. The van der Waals surface area contributed by atoms with Gasteiger partial charge in [0.15, 0.2) is 0 Å². The molecule has 0 saturated carbocycles. The topological polar surface area (TPSA) is 87.4 Å². The molecule has 110 valence electrons. The van der Waals surface area contributed by atoms with Crippen molar-refractivity contribution in [2.45, 2.75) is 6.04 Å². The lowest BCUT2D eigenvalue weighted by Gasteiger charge is -2.11. The molecule has 0 spiro atoms. The lowest BCUT2D eigenvalue weighted by molar-refractivity contribution is 0.262. The predicted molar refractivity (Wildman–Crippen MR) is 84.5 cm³/mol. The first-order valence-electron chi connectivity index (χ1n) is 6.38. The minimum Gasteiger partial charge on any atom is -0.394 e. The van der Waals surface area contributed by atoms with Gasteiger partial charge in [0.25, 0.3) is 0 Å². The van der Waals surface area contributed by atoms with E-state index in [0.717, 1.165) is 5.56 Å². The summed E-state index contributed by atoms with van der Waals surface area (Å²) in [4.78, 5) is 11.8. The number of carbonyl (C=O) groups excluding carboxylic acids is 1. The normalized spacial score (nSPS) is 11.8. The average molecular weight is 306 g/mol. The van der Waals surface area contributed by atoms with Gasteiger partial charge in [-0.3, -0.25) is 0 Å². The van der Waals surface area contributed by atoms with E-state index in [4.69, 9.17) is 22.4 Å². The molecule has 2 rings (SSSR count). The highest BCUT2D eigenvalue weighted by Crippen LogP contribution is 2.16. The van der Waals surface area contributed by atoms with Crippen molar-refractivity contribution in [1.29, 1.82) is 0 Å². The monoisotopic (exact) mass is 305 g/mol. The highest BCUT2D eigenvalue weighted by Gasteiger charge is 2.06. The van der Waals surface area contributed by atoms with Crippen LogP contribution in [0.25, 0.3) is 0 Å². The molecule has 2 aromatic rings. The third-order valence-corrected chi connectivity index (χ3v) is 3.15.